The normalized spacial score (nSPS) is 15.9. The molecule has 0 aromatic heterocycles. The van der Waals surface area contributed by atoms with Gasteiger partial charge in [-0.05, 0) is 39.5 Å². The lowest BCUT2D eigenvalue weighted by Gasteiger charge is -2.30. The van der Waals surface area contributed by atoms with Crippen LogP contribution in [0, 0.1) is 5.92 Å². The van der Waals surface area contributed by atoms with Crippen LogP contribution in [0.25, 0.3) is 0 Å². The maximum absolute atomic E-state index is 13.5. The first kappa shape index (κ1) is 42.4. The maximum Gasteiger partial charge on any atom is 0.322 e. The molecule has 47 heavy (non-hydrogen) atoms. The quantitative estimate of drug-likeness (QED) is 0.0307. The number of aliphatic hydroxyl groups excluding tert-OH is 2. The summed E-state index contributed by atoms with van der Waals surface area (Å²) in [7, 11) is 0. The van der Waals surface area contributed by atoms with Crippen LogP contribution in [0.15, 0.2) is 4.99 Å². The number of hydrogen-bond donors (Lipinski definition) is 12. The Bertz CT molecular complexity index is 1130. The Kier molecular flexibility index (Phi) is 19.2. The number of carbonyl (C=O) groups excluding carboxylic acids is 6. The number of nitrogens with zero attached hydrogens (tertiary/aromatic N) is 1. The molecule has 0 aliphatic heterocycles. The Labute approximate surface area is 272 Å². The number of nitrogens with two attached hydrogens (primary N) is 3. The smallest absolute Gasteiger partial charge is 0.322 e. The van der Waals surface area contributed by atoms with Gasteiger partial charge in [0.2, 0.25) is 35.4 Å². The second-order valence-electron chi connectivity index (χ2n) is 11.0. The highest BCUT2D eigenvalue weighted by molar-refractivity contribution is 5.97. The molecule has 0 saturated heterocycles. The summed E-state index contributed by atoms with van der Waals surface area (Å²) in [5, 5.41) is 42.6. The molecule has 15 N–H and O–H groups in total. The van der Waals surface area contributed by atoms with Crippen LogP contribution in [0.2, 0.25) is 0 Å². The molecule has 0 aromatic carbocycles. The van der Waals surface area contributed by atoms with Gasteiger partial charge in [0.1, 0.15) is 36.8 Å². The zero-order chi connectivity index (χ0) is 36.4. The molecule has 0 rings (SSSR count). The minimum atomic E-state index is -1.63. The fourth-order valence-electron chi connectivity index (χ4n) is 3.83. The summed E-state index contributed by atoms with van der Waals surface area (Å²) in [5.74, 6) is -7.17. The van der Waals surface area contributed by atoms with Crippen molar-refractivity contribution in [1.82, 2.24) is 31.9 Å². The number of amides is 6. The van der Waals surface area contributed by atoms with Gasteiger partial charge in [-0.15, -0.1) is 0 Å². The van der Waals surface area contributed by atoms with Crippen molar-refractivity contribution in [3.05, 3.63) is 0 Å². The summed E-state index contributed by atoms with van der Waals surface area (Å²) in [6.45, 7) is 5.80. The minimum absolute atomic E-state index is 0.0129. The average molecular weight is 675 g/mol. The van der Waals surface area contributed by atoms with Gasteiger partial charge in [0.15, 0.2) is 5.96 Å². The first-order valence-corrected chi connectivity index (χ1v) is 15.0. The van der Waals surface area contributed by atoms with Gasteiger partial charge in [-0.3, -0.25) is 38.6 Å². The second kappa shape index (κ2) is 21.3. The molecule has 0 spiro atoms. The largest absolute Gasteiger partial charge is 0.480 e. The lowest BCUT2D eigenvalue weighted by molar-refractivity contribution is -0.138. The summed E-state index contributed by atoms with van der Waals surface area (Å²) >= 11 is 0. The molecular formula is C27H50N10O10. The highest BCUT2D eigenvalue weighted by Gasteiger charge is 2.35. The van der Waals surface area contributed by atoms with E-state index in [9.17, 15) is 43.8 Å². The van der Waals surface area contributed by atoms with Gasteiger partial charge in [-0.2, -0.15) is 0 Å². The van der Waals surface area contributed by atoms with Crippen LogP contribution in [0.1, 0.15) is 53.9 Å². The topological polar surface area (TPSA) is 343 Å². The van der Waals surface area contributed by atoms with E-state index in [0.29, 0.717) is 6.42 Å². The van der Waals surface area contributed by atoms with E-state index in [-0.39, 0.29) is 25.3 Å². The first-order valence-electron chi connectivity index (χ1n) is 15.0. The summed E-state index contributed by atoms with van der Waals surface area (Å²) in [5.41, 5.74) is 16.2. The Balaban J connectivity index is 5.98. The standard InChI is InChI=1S/C27H50N10O10/c1-6-12(2)19(36-26(47)20(15(5)39)37-24(45)17(11-38)35-21(42)13(3)28)25(46)34-16(8-7-9-31-27(29)30)23(44)33-14(4)22(43)32-10-18(40)41/h12-17,19-20,38-39H,6-11,28H2,1-5H3,(H,32,43)(H,33,44)(H,34,46)(H,35,42)(H,36,47)(H,37,45)(H,40,41)(H4,29,30,31)/t12-,13-,14-,15+,16-,17-,19-,20-/m0/s1. The molecular weight excluding hydrogens is 624 g/mol. The van der Waals surface area contributed by atoms with Gasteiger partial charge < -0.3 is 64.4 Å². The molecule has 0 aliphatic rings. The molecule has 20 heteroatoms. The molecule has 0 radical (unpaired) electrons. The number of aliphatic imine (C=N–C) groups is 1. The predicted octanol–water partition coefficient (Wildman–Crippen LogP) is -5.55. The van der Waals surface area contributed by atoms with Crippen LogP contribution >= 0.6 is 0 Å². The van der Waals surface area contributed by atoms with Crippen molar-refractivity contribution >= 4 is 47.4 Å². The number of hydrogen-bond acceptors (Lipinski definition) is 11. The number of aliphatic hydroxyl groups is 2. The number of nitrogens with one attached hydrogen (secondary N) is 6. The minimum Gasteiger partial charge on any atom is -0.480 e. The molecule has 8 atom stereocenters. The van der Waals surface area contributed by atoms with Gasteiger partial charge in [0.25, 0.3) is 0 Å². The van der Waals surface area contributed by atoms with Gasteiger partial charge >= 0.3 is 5.97 Å². The van der Waals surface area contributed by atoms with E-state index >= 15 is 0 Å². The van der Waals surface area contributed by atoms with E-state index in [2.05, 4.69) is 36.9 Å². The van der Waals surface area contributed by atoms with Gasteiger partial charge in [0.05, 0.1) is 18.8 Å². The molecule has 0 heterocycles. The summed E-state index contributed by atoms with van der Waals surface area (Å²) < 4.78 is 0. The first-order chi connectivity index (χ1) is 21.9. The van der Waals surface area contributed by atoms with Crippen LogP contribution in [0.3, 0.4) is 0 Å². The molecule has 0 aliphatic carbocycles. The number of carbonyl (C=O) groups is 7. The maximum atomic E-state index is 13.5. The van der Waals surface area contributed by atoms with Crippen molar-refractivity contribution in [1.29, 1.82) is 0 Å². The summed E-state index contributed by atoms with van der Waals surface area (Å²) in [6.07, 6.45) is -0.938. The van der Waals surface area contributed by atoms with Gasteiger partial charge in [-0.1, -0.05) is 20.3 Å². The third-order valence-electron chi connectivity index (χ3n) is 6.83. The monoisotopic (exact) mass is 674 g/mol. The molecule has 20 nitrogen and oxygen atoms in total. The van der Waals surface area contributed by atoms with Gasteiger partial charge in [-0.25, -0.2) is 0 Å². The second-order valence-corrected chi connectivity index (χ2v) is 11.0. The van der Waals surface area contributed by atoms with Crippen LogP contribution in [0.5, 0.6) is 0 Å². The highest BCUT2D eigenvalue weighted by atomic mass is 16.4. The number of aliphatic carboxylic acids is 1. The fraction of sp³-hybridized carbons (Fsp3) is 0.704. The fourth-order valence-corrected chi connectivity index (χ4v) is 3.83. The van der Waals surface area contributed by atoms with Crippen LogP contribution < -0.4 is 49.1 Å². The Morgan fingerprint density at radius 2 is 1.28 bits per heavy atom. The summed E-state index contributed by atoms with van der Waals surface area (Å²) in [4.78, 5) is 91.4. The Morgan fingerprint density at radius 1 is 0.745 bits per heavy atom. The molecule has 0 unspecified atom stereocenters. The van der Waals surface area contributed by atoms with Crippen molar-refractivity contribution in [2.45, 2.75) is 96.2 Å². The number of carboxylic acids is 1. The Hall–Kier alpha value is -4.56. The molecule has 6 amide bonds. The predicted molar refractivity (Wildman–Crippen MR) is 168 cm³/mol. The van der Waals surface area contributed by atoms with E-state index in [1.807, 2.05) is 0 Å². The van der Waals surface area contributed by atoms with E-state index < -0.39 is 103 Å². The number of carboxylic acid groups (broad SMARTS) is 1. The number of rotatable bonds is 21. The lowest BCUT2D eigenvalue weighted by atomic mass is 9.96. The van der Waals surface area contributed by atoms with Gasteiger partial charge in [0, 0.05) is 6.54 Å². The zero-order valence-corrected chi connectivity index (χ0v) is 27.2. The SMILES string of the molecule is CC[C@H](C)[C@H](NC(=O)[C@@H](NC(=O)[C@H](CO)NC(=O)[C@H](C)N)[C@@H](C)O)C(=O)N[C@@H](CCCN=C(N)N)C(=O)N[C@@H](C)C(=O)NCC(=O)O. The molecule has 0 fully saturated rings. The molecule has 0 saturated carbocycles. The van der Waals surface area contributed by atoms with E-state index in [1.54, 1.807) is 13.8 Å². The van der Waals surface area contributed by atoms with Crippen LogP contribution in [-0.4, -0.2) is 125 Å². The van der Waals surface area contributed by atoms with Crippen molar-refractivity contribution in [3.8, 4) is 0 Å². The highest BCUT2D eigenvalue weighted by Crippen LogP contribution is 2.11. The van der Waals surface area contributed by atoms with Crippen LogP contribution in [0.4, 0.5) is 0 Å². The number of guanidine groups is 1. The van der Waals surface area contributed by atoms with Crippen molar-refractivity contribution < 1.29 is 48.9 Å². The van der Waals surface area contributed by atoms with Crippen molar-refractivity contribution in [2.75, 3.05) is 19.7 Å². The average Bonchev–Trinajstić information content (AvgIpc) is 2.99. The molecule has 0 bridgehead atoms. The molecule has 268 valence electrons. The summed E-state index contributed by atoms with van der Waals surface area (Å²) in [6, 6.07) is -7.87. The Morgan fingerprint density at radius 3 is 1.77 bits per heavy atom. The van der Waals surface area contributed by atoms with E-state index in [1.165, 1.54) is 20.8 Å². The van der Waals surface area contributed by atoms with E-state index in [4.69, 9.17) is 22.3 Å². The van der Waals surface area contributed by atoms with Crippen LogP contribution in [-0.2, 0) is 33.6 Å². The van der Waals surface area contributed by atoms with Crippen molar-refractivity contribution in [3.63, 3.8) is 0 Å². The lowest BCUT2D eigenvalue weighted by Crippen LogP contribution is -2.62. The zero-order valence-electron chi connectivity index (χ0n) is 27.2. The molecule has 0 aromatic rings. The van der Waals surface area contributed by atoms with Crippen molar-refractivity contribution in [2.24, 2.45) is 28.1 Å². The third-order valence-corrected chi connectivity index (χ3v) is 6.83. The third kappa shape index (κ3) is 16.0. The van der Waals surface area contributed by atoms with E-state index in [0.717, 1.165) is 0 Å².